The van der Waals surface area contributed by atoms with Crippen molar-refractivity contribution in [2.45, 2.75) is 20.4 Å². The van der Waals surface area contributed by atoms with Crippen LogP contribution in [0.15, 0.2) is 24.3 Å². The molecule has 0 fully saturated rings. The smallest absolute Gasteiger partial charge is 0.326 e. The molecule has 1 aromatic carbocycles. The van der Waals surface area contributed by atoms with Crippen LogP contribution in [0.25, 0.3) is 0 Å². The Balaban J connectivity index is 2.26. The van der Waals surface area contributed by atoms with Crippen molar-refractivity contribution in [2.75, 3.05) is 6.61 Å². The van der Waals surface area contributed by atoms with Gasteiger partial charge in [0.05, 0.1) is 13.2 Å². The van der Waals surface area contributed by atoms with E-state index >= 15 is 0 Å². The zero-order valence-corrected chi connectivity index (χ0v) is 11.8. The molecule has 0 N–H and O–H groups in total. The number of benzene rings is 1. The molecule has 0 spiro atoms. The number of imide groups is 1. The minimum Gasteiger partial charge on any atom is -0.465 e. The molecule has 1 atom stereocenters. The Morgan fingerprint density at radius 3 is 2.52 bits per heavy atom. The highest BCUT2D eigenvalue weighted by Crippen LogP contribution is 2.24. The number of ether oxygens (including phenoxy) is 1. The maximum atomic E-state index is 12.4. The lowest BCUT2D eigenvalue weighted by atomic mass is 10.0. The van der Waals surface area contributed by atoms with Crippen LogP contribution in [0, 0.1) is 5.92 Å². The highest BCUT2D eigenvalue weighted by Gasteiger charge is 2.41. The summed E-state index contributed by atoms with van der Waals surface area (Å²) in [4.78, 5) is 48.8. The number of carbonyl (C=O) groups excluding carboxylic acids is 4. The van der Waals surface area contributed by atoms with Crippen LogP contribution in [0.5, 0.6) is 0 Å². The van der Waals surface area contributed by atoms with Gasteiger partial charge in [0.15, 0.2) is 11.7 Å². The fourth-order valence-corrected chi connectivity index (χ4v) is 2.25. The number of fused-ring (bicyclic) bond motifs is 1. The molecule has 110 valence electrons. The zero-order chi connectivity index (χ0) is 15.6. The van der Waals surface area contributed by atoms with Crippen LogP contribution in [0.4, 0.5) is 0 Å². The van der Waals surface area contributed by atoms with Crippen molar-refractivity contribution < 1.29 is 23.9 Å². The van der Waals surface area contributed by atoms with Crippen molar-refractivity contribution in [3.8, 4) is 0 Å². The number of rotatable bonds is 4. The first kappa shape index (κ1) is 14.9. The summed E-state index contributed by atoms with van der Waals surface area (Å²) in [5, 5.41) is 0. The summed E-state index contributed by atoms with van der Waals surface area (Å²) in [7, 11) is 0. The predicted molar refractivity (Wildman–Crippen MR) is 72.1 cm³/mol. The number of Topliss-reactive ketones (excluding diaryl/α,β-unsaturated/α-hetero) is 1. The molecule has 0 bridgehead atoms. The van der Waals surface area contributed by atoms with Gasteiger partial charge < -0.3 is 4.74 Å². The van der Waals surface area contributed by atoms with Gasteiger partial charge in [0.25, 0.3) is 11.8 Å². The standard InChI is InChI=1S/C15H15NO5/c1-3-21-15(20)12(9(2)17)14(19)16-8-10-6-4-5-7-11(10)13(16)18/h4-7,12H,3,8H2,1-2H3. The van der Waals surface area contributed by atoms with Gasteiger partial charge in [-0.2, -0.15) is 0 Å². The van der Waals surface area contributed by atoms with Gasteiger partial charge in [-0.15, -0.1) is 0 Å². The lowest BCUT2D eigenvalue weighted by Crippen LogP contribution is -2.43. The Labute approximate surface area is 121 Å². The molecule has 6 nitrogen and oxygen atoms in total. The van der Waals surface area contributed by atoms with Gasteiger partial charge in [-0.3, -0.25) is 24.1 Å². The Morgan fingerprint density at radius 2 is 1.95 bits per heavy atom. The van der Waals surface area contributed by atoms with Gasteiger partial charge in [-0.1, -0.05) is 18.2 Å². The molecule has 0 aromatic heterocycles. The minimum atomic E-state index is -1.58. The molecular formula is C15H15NO5. The van der Waals surface area contributed by atoms with Gasteiger partial charge in [-0.25, -0.2) is 0 Å². The molecule has 2 rings (SSSR count). The Kier molecular flexibility index (Phi) is 4.16. The largest absolute Gasteiger partial charge is 0.465 e. The second kappa shape index (κ2) is 5.87. The van der Waals surface area contributed by atoms with E-state index in [0.29, 0.717) is 11.1 Å². The van der Waals surface area contributed by atoms with Gasteiger partial charge in [-0.05, 0) is 25.5 Å². The Morgan fingerprint density at radius 1 is 1.29 bits per heavy atom. The minimum absolute atomic E-state index is 0.0596. The first-order valence-corrected chi connectivity index (χ1v) is 6.58. The van der Waals surface area contributed by atoms with E-state index < -0.39 is 29.5 Å². The van der Waals surface area contributed by atoms with Crippen LogP contribution in [0.1, 0.15) is 29.8 Å². The molecular weight excluding hydrogens is 274 g/mol. The molecule has 2 amide bonds. The molecule has 0 aliphatic carbocycles. The average molecular weight is 289 g/mol. The van der Waals surface area contributed by atoms with E-state index in [-0.39, 0.29) is 13.2 Å². The summed E-state index contributed by atoms with van der Waals surface area (Å²) >= 11 is 0. The normalized spacial score (nSPS) is 14.6. The zero-order valence-electron chi connectivity index (χ0n) is 11.8. The van der Waals surface area contributed by atoms with Crippen molar-refractivity contribution in [3.63, 3.8) is 0 Å². The van der Waals surface area contributed by atoms with E-state index in [2.05, 4.69) is 0 Å². The first-order valence-electron chi connectivity index (χ1n) is 6.58. The summed E-state index contributed by atoms with van der Waals surface area (Å²) in [5.74, 6) is -4.46. The second-order valence-corrected chi connectivity index (χ2v) is 4.68. The highest BCUT2D eigenvalue weighted by molar-refractivity contribution is 6.21. The van der Waals surface area contributed by atoms with Crippen LogP contribution in [0.2, 0.25) is 0 Å². The van der Waals surface area contributed by atoms with Crippen molar-refractivity contribution >= 4 is 23.6 Å². The second-order valence-electron chi connectivity index (χ2n) is 4.68. The summed E-state index contributed by atoms with van der Waals surface area (Å²) in [6.07, 6.45) is 0. The highest BCUT2D eigenvalue weighted by atomic mass is 16.5. The van der Waals surface area contributed by atoms with Crippen LogP contribution in [0.3, 0.4) is 0 Å². The molecule has 1 aliphatic heterocycles. The van der Waals surface area contributed by atoms with Crippen molar-refractivity contribution in [3.05, 3.63) is 35.4 Å². The van der Waals surface area contributed by atoms with Crippen LogP contribution >= 0.6 is 0 Å². The molecule has 1 aromatic rings. The number of esters is 1. The van der Waals surface area contributed by atoms with Crippen molar-refractivity contribution in [2.24, 2.45) is 5.92 Å². The van der Waals surface area contributed by atoms with E-state index in [4.69, 9.17) is 4.74 Å². The average Bonchev–Trinajstić information content (AvgIpc) is 2.77. The van der Waals surface area contributed by atoms with Gasteiger partial charge >= 0.3 is 5.97 Å². The fourth-order valence-electron chi connectivity index (χ4n) is 2.25. The number of amides is 2. The van der Waals surface area contributed by atoms with Gasteiger partial charge in [0.2, 0.25) is 0 Å². The lowest BCUT2D eigenvalue weighted by molar-refractivity contribution is -0.157. The third-order valence-electron chi connectivity index (χ3n) is 3.26. The van der Waals surface area contributed by atoms with E-state index in [1.165, 1.54) is 0 Å². The molecule has 6 heteroatoms. The summed E-state index contributed by atoms with van der Waals surface area (Å²) < 4.78 is 4.74. The number of carbonyl (C=O) groups is 4. The van der Waals surface area contributed by atoms with E-state index in [1.54, 1.807) is 31.2 Å². The maximum Gasteiger partial charge on any atom is 0.326 e. The Hall–Kier alpha value is -2.50. The number of hydrogen-bond donors (Lipinski definition) is 0. The number of nitrogens with zero attached hydrogens (tertiary/aromatic N) is 1. The molecule has 0 saturated carbocycles. The molecule has 1 unspecified atom stereocenters. The molecule has 0 radical (unpaired) electrons. The number of ketones is 1. The Bertz CT molecular complexity index is 622. The quantitative estimate of drug-likeness (QED) is 0.608. The predicted octanol–water partition coefficient (Wildman–Crippen LogP) is 0.937. The third kappa shape index (κ3) is 2.69. The summed E-state index contributed by atoms with van der Waals surface area (Å²) in [6.45, 7) is 2.84. The molecule has 21 heavy (non-hydrogen) atoms. The SMILES string of the molecule is CCOC(=O)C(C(C)=O)C(=O)N1Cc2ccccc2C1=O. The van der Waals surface area contributed by atoms with Gasteiger partial charge in [0.1, 0.15) is 0 Å². The van der Waals surface area contributed by atoms with Crippen molar-refractivity contribution in [1.29, 1.82) is 0 Å². The summed E-state index contributed by atoms with van der Waals surface area (Å²) in [6, 6.07) is 6.79. The first-order chi connectivity index (χ1) is 9.97. The maximum absolute atomic E-state index is 12.4. The summed E-state index contributed by atoms with van der Waals surface area (Å²) in [5.41, 5.74) is 1.11. The monoisotopic (exact) mass is 289 g/mol. The van der Waals surface area contributed by atoms with E-state index in [9.17, 15) is 19.2 Å². The van der Waals surface area contributed by atoms with E-state index in [1.807, 2.05) is 0 Å². The molecule has 1 aliphatic rings. The molecule has 0 saturated heterocycles. The van der Waals surface area contributed by atoms with Crippen LogP contribution < -0.4 is 0 Å². The lowest BCUT2D eigenvalue weighted by Gasteiger charge is -2.18. The molecule has 1 heterocycles. The van der Waals surface area contributed by atoms with Crippen LogP contribution in [-0.2, 0) is 25.7 Å². The topological polar surface area (TPSA) is 80.8 Å². The fraction of sp³-hybridized carbons (Fsp3) is 0.333. The van der Waals surface area contributed by atoms with E-state index in [0.717, 1.165) is 11.8 Å². The number of hydrogen-bond acceptors (Lipinski definition) is 5. The van der Waals surface area contributed by atoms with Gasteiger partial charge in [0, 0.05) is 5.56 Å². The third-order valence-corrected chi connectivity index (χ3v) is 3.26. The van der Waals surface area contributed by atoms with Crippen molar-refractivity contribution in [1.82, 2.24) is 4.90 Å². The van der Waals surface area contributed by atoms with Crippen LogP contribution in [-0.4, -0.2) is 35.1 Å².